The van der Waals surface area contributed by atoms with Gasteiger partial charge in [-0.25, -0.2) is 0 Å². The van der Waals surface area contributed by atoms with Crippen molar-refractivity contribution in [2.24, 2.45) is 0 Å². The summed E-state index contributed by atoms with van der Waals surface area (Å²) in [6.45, 7) is 3.32. The molecular weight excluding hydrogens is 236 g/mol. The summed E-state index contributed by atoms with van der Waals surface area (Å²) in [5.74, 6) is 0.255. The maximum Gasteiger partial charge on any atom is 0.234 e. The number of nitrogens with one attached hydrogen (secondary N) is 2. The van der Waals surface area contributed by atoms with Crippen molar-refractivity contribution in [3.05, 3.63) is 23.8 Å². The highest BCUT2D eigenvalue weighted by Crippen LogP contribution is 2.23. The van der Waals surface area contributed by atoms with Crippen LogP contribution in [-0.2, 0) is 9.59 Å². The van der Waals surface area contributed by atoms with Crippen LogP contribution < -0.4 is 10.6 Å². The molecule has 0 atom stereocenters. The Morgan fingerprint density at radius 1 is 1.24 bits per heavy atom. The van der Waals surface area contributed by atoms with Crippen molar-refractivity contribution >= 4 is 35.0 Å². The van der Waals surface area contributed by atoms with Crippen LogP contribution in [-0.4, -0.2) is 23.8 Å². The van der Waals surface area contributed by atoms with E-state index in [9.17, 15) is 9.59 Å². The number of carbonyl (C=O) groups is 2. The molecule has 0 heterocycles. The maximum absolute atomic E-state index is 11.5. The van der Waals surface area contributed by atoms with E-state index in [4.69, 9.17) is 0 Å². The second-order valence-electron chi connectivity index (χ2n) is 3.64. The first-order valence-electron chi connectivity index (χ1n) is 5.20. The zero-order chi connectivity index (χ0) is 12.8. The van der Waals surface area contributed by atoms with Crippen LogP contribution in [0.2, 0.25) is 0 Å². The van der Waals surface area contributed by atoms with Gasteiger partial charge >= 0.3 is 0 Å². The molecule has 0 saturated carbocycles. The summed E-state index contributed by atoms with van der Waals surface area (Å²) in [6, 6.07) is 5.42. The van der Waals surface area contributed by atoms with Gasteiger partial charge in [-0.05, 0) is 30.9 Å². The van der Waals surface area contributed by atoms with Gasteiger partial charge in [0.1, 0.15) is 0 Å². The van der Waals surface area contributed by atoms with Gasteiger partial charge in [-0.3, -0.25) is 9.59 Å². The van der Waals surface area contributed by atoms with E-state index in [0.29, 0.717) is 5.75 Å². The average Bonchev–Trinajstić information content (AvgIpc) is 2.23. The zero-order valence-corrected chi connectivity index (χ0v) is 11.0. The fourth-order valence-corrected chi connectivity index (χ4v) is 1.75. The molecule has 0 radical (unpaired) electrons. The number of anilines is 2. The second kappa shape index (κ2) is 6.30. The summed E-state index contributed by atoms with van der Waals surface area (Å²) in [5.41, 5.74) is 2.31. The molecule has 5 heteroatoms. The number of amides is 2. The average molecular weight is 252 g/mol. The normalized spacial score (nSPS) is 9.82. The first-order valence-corrected chi connectivity index (χ1v) is 6.60. The van der Waals surface area contributed by atoms with Crippen molar-refractivity contribution < 1.29 is 9.59 Å². The first kappa shape index (κ1) is 13.6. The molecule has 0 aliphatic carbocycles. The van der Waals surface area contributed by atoms with E-state index in [1.165, 1.54) is 18.7 Å². The number of rotatable bonds is 4. The van der Waals surface area contributed by atoms with Crippen LogP contribution >= 0.6 is 11.8 Å². The molecule has 0 aromatic heterocycles. The molecule has 92 valence electrons. The molecule has 0 bridgehead atoms. The first-order chi connectivity index (χ1) is 8.04. The molecule has 0 aliphatic rings. The van der Waals surface area contributed by atoms with E-state index in [2.05, 4.69) is 10.6 Å². The molecule has 0 aliphatic heterocycles. The Morgan fingerprint density at radius 3 is 2.35 bits per heavy atom. The van der Waals surface area contributed by atoms with Gasteiger partial charge < -0.3 is 10.6 Å². The Labute approximate surface area is 105 Å². The molecule has 1 rings (SSSR count). The SMILES string of the molecule is CSCC(=O)Nc1cccc(NC(C)=O)c1C. The Morgan fingerprint density at radius 2 is 1.82 bits per heavy atom. The number of thioether (sulfide) groups is 1. The Bertz CT molecular complexity index is 433. The lowest BCUT2D eigenvalue weighted by atomic mass is 10.1. The lowest BCUT2D eigenvalue weighted by Gasteiger charge is -2.12. The van der Waals surface area contributed by atoms with Crippen LogP contribution in [0.15, 0.2) is 18.2 Å². The van der Waals surface area contributed by atoms with Gasteiger partial charge in [0.2, 0.25) is 11.8 Å². The molecule has 0 spiro atoms. The zero-order valence-electron chi connectivity index (χ0n) is 10.2. The molecule has 4 nitrogen and oxygen atoms in total. The van der Waals surface area contributed by atoms with Gasteiger partial charge in [0.25, 0.3) is 0 Å². The summed E-state index contributed by atoms with van der Waals surface area (Å²) in [6.07, 6.45) is 1.88. The van der Waals surface area contributed by atoms with E-state index in [-0.39, 0.29) is 11.8 Å². The van der Waals surface area contributed by atoms with E-state index in [1.807, 2.05) is 19.2 Å². The Kier molecular flexibility index (Phi) is 5.03. The summed E-state index contributed by atoms with van der Waals surface area (Å²) in [4.78, 5) is 22.5. The van der Waals surface area contributed by atoms with Crippen molar-refractivity contribution in [2.75, 3.05) is 22.6 Å². The van der Waals surface area contributed by atoms with E-state index in [0.717, 1.165) is 16.9 Å². The fraction of sp³-hybridized carbons (Fsp3) is 0.333. The molecular formula is C12H16N2O2S. The molecule has 1 aromatic rings. The summed E-state index contributed by atoms with van der Waals surface area (Å²) < 4.78 is 0. The highest BCUT2D eigenvalue weighted by Gasteiger charge is 2.07. The lowest BCUT2D eigenvalue weighted by Crippen LogP contribution is -2.15. The number of carbonyl (C=O) groups excluding carboxylic acids is 2. The number of benzene rings is 1. The molecule has 0 fully saturated rings. The maximum atomic E-state index is 11.5. The van der Waals surface area contributed by atoms with Gasteiger partial charge in [0.15, 0.2) is 0 Å². The molecule has 17 heavy (non-hydrogen) atoms. The quantitative estimate of drug-likeness (QED) is 0.864. The van der Waals surface area contributed by atoms with Crippen LogP contribution in [0.25, 0.3) is 0 Å². The third kappa shape index (κ3) is 4.11. The Hall–Kier alpha value is -1.49. The topological polar surface area (TPSA) is 58.2 Å². The molecule has 2 amide bonds. The van der Waals surface area contributed by atoms with Crippen molar-refractivity contribution in [2.45, 2.75) is 13.8 Å². The second-order valence-corrected chi connectivity index (χ2v) is 4.51. The number of hydrogen-bond acceptors (Lipinski definition) is 3. The molecule has 2 N–H and O–H groups in total. The molecule has 0 unspecified atom stereocenters. The lowest BCUT2D eigenvalue weighted by molar-refractivity contribution is -0.114. The van der Waals surface area contributed by atoms with E-state index in [1.54, 1.807) is 12.1 Å². The molecule has 1 aromatic carbocycles. The van der Waals surface area contributed by atoms with E-state index >= 15 is 0 Å². The standard InChI is InChI=1S/C12H16N2O2S/c1-8-10(13-9(2)15)5-4-6-11(8)14-12(16)7-17-3/h4-6H,7H2,1-3H3,(H,13,15)(H,14,16). The van der Waals surface area contributed by atoms with Crippen molar-refractivity contribution in [3.63, 3.8) is 0 Å². The van der Waals surface area contributed by atoms with Gasteiger partial charge in [-0.1, -0.05) is 6.07 Å². The van der Waals surface area contributed by atoms with E-state index < -0.39 is 0 Å². The van der Waals surface area contributed by atoms with Crippen LogP contribution in [0.5, 0.6) is 0 Å². The minimum atomic E-state index is -0.124. The van der Waals surface area contributed by atoms with Crippen LogP contribution in [0.4, 0.5) is 11.4 Å². The minimum Gasteiger partial charge on any atom is -0.326 e. The summed E-state index contributed by atoms with van der Waals surface area (Å²) in [5, 5.41) is 5.54. The minimum absolute atomic E-state index is 0.0411. The van der Waals surface area contributed by atoms with Gasteiger partial charge in [0, 0.05) is 18.3 Å². The summed E-state index contributed by atoms with van der Waals surface area (Å²) >= 11 is 1.47. The van der Waals surface area contributed by atoms with Crippen LogP contribution in [0.1, 0.15) is 12.5 Å². The van der Waals surface area contributed by atoms with Crippen LogP contribution in [0, 0.1) is 6.92 Å². The van der Waals surface area contributed by atoms with Gasteiger partial charge in [-0.2, -0.15) is 11.8 Å². The molecule has 0 saturated heterocycles. The van der Waals surface area contributed by atoms with Gasteiger partial charge in [-0.15, -0.1) is 0 Å². The predicted octanol–water partition coefficient (Wildman–Crippen LogP) is 2.25. The highest BCUT2D eigenvalue weighted by molar-refractivity contribution is 7.99. The summed E-state index contributed by atoms with van der Waals surface area (Å²) in [7, 11) is 0. The smallest absolute Gasteiger partial charge is 0.234 e. The van der Waals surface area contributed by atoms with Crippen molar-refractivity contribution in [1.29, 1.82) is 0 Å². The highest BCUT2D eigenvalue weighted by atomic mass is 32.2. The van der Waals surface area contributed by atoms with Crippen molar-refractivity contribution in [1.82, 2.24) is 0 Å². The fourth-order valence-electron chi connectivity index (χ4n) is 1.41. The van der Waals surface area contributed by atoms with Gasteiger partial charge in [0.05, 0.1) is 5.75 Å². The van der Waals surface area contributed by atoms with Crippen molar-refractivity contribution in [3.8, 4) is 0 Å². The Balaban J connectivity index is 2.86. The largest absolute Gasteiger partial charge is 0.326 e. The monoisotopic (exact) mass is 252 g/mol. The predicted molar refractivity (Wildman–Crippen MR) is 72.5 cm³/mol. The van der Waals surface area contributed by atoms with Crippen LogP contribution in [0.3, 0.4) is 0 Å². The number of hydrogen-bond donors (Lipinski definition) is 2. The third-order valence-corrected chi connectivity index (χ3v) is 2.74. The third-order valence-electron chi connectivity index (χ3n) is 2.19.